The highest BCUT2D eigenvalue weighted by Crippen LogP contribution is 2.62. The summed E-state index contributed by atoms with van der Waals surface area (Å²) in [6, 6.07) is 0. The number of hydrogen-bond acceptors (Lipinski definition) is 5. The van der Waals surface area contributed by atoms with E-state index < -0.39 is 23.8 Å². The van der Waals surface area contributed by atoms with E-state index >= 15 is 0 Å². The summed E-state index contributed by atoms with van der Waals surface area (Å²) in [5.74, 6) is -0.209. The number of fused-ring (bicyclic) bond motifs is 1. The van der Waals surface area contributed by atoms with Crippen LogP contribution in [-0.4, -0.2) is 40.3 Å². The molecule has 0 heterocycles. The van der Waals surface area contributed by atoms with Gasteiger partial charge in [-0.05, 0) is 36.7 Å². The third kappa shape index (κ3) is 3.25. The van der Waals surface area contributed by atoms with Crippen LogP contribution in [-0.2, 0) is 14.3 Å². The first-order valence-corrected chi connectivity index (χ1v) is 7.83. The molecule has 1 fully saturated rings. The largest absolute Gasteiger partial charge is 0.462 e. The highest BCUT2D eigenvalue weighted by molar-refractivity contribution is 5.73. The first-order chi connectivity index (χ1) is 10.1. The summed E-state index contributed by atoms with van der Waals surface area (Å²) in [5, 5.41) is 20.8. The smallest absolute Gasteiger partial charge is 0.302 e. The lowest BCUT2D eigenvalue weighted by atomic mass is 9.85. The Hall–Kier alpha value is -1.20. The van der Waals surface area contributed by atoms with Gasteiger partial charge in [0.1, 0.15) is 12.4 Å². The quantitative estimate of drug-likeness (QED) is 0.598. The van der Waals surface area contributed by atoms with Gasteiger partial charge in [0.05, 0.1) is 11.7 Å². The van der Waals surface area contributed by atoms with Crippen LogP contribution in [0.3, 0.4) is 0 Å². The fourth-order valence-corrected chi connectivity index (χ4v) is 3.77. The molecule has 0 aromatic heterocycles. The van der Waals surface area contributed by atoms with Crippen molar-refractivity contribution in [2.75, 3.05) is 0 Å². The van der Waals surface area contributed by atoms with Gasteiger partial charge in [-0.2, -0.15) is 0 Å². The molecule has 0 aromatic rings. The lowest BCUT2D eigenvalue weighted by Crippen LogP contribution is -2.44. The van der Waals surface area contributed by atoms with Crippen molar-refractivity contribution in [2.45, 2.75) is 64.8 Å². The Balaban J connectivity index is 2.36. The molecule has 2 rings (SSSR count). The zero-order valence-electron chi connectivity index (χ0n) is 13.7. The zero-order valence-corrected chi connectivity index (χ0v) is 13.7. The van der Waals surface area contributed by atoms with E-state index in [1.807, 2.05) is 6.08 Å². The third-order valence-corrected chi connectivity index (χ3v) is 5.30. The van der Waals surface area contributed by atoms with Gasteiger partial charge in [0.2, 0.25) is 0 Å². The van der Waals surface area contributed by atoms with Gasteiger partial charge < -0.3 is 14.9 Å². The fraction of sp³-hybridized carbons (Fsp3) is 0.765. The van der Waals surface area contributed by atoms with Crippen molar-refractivity contribution in [3.63, 3.8) is 0 Å². The van der Waals surface area contributed by atoms with Crippen LogP contribution in [0, 0.1) is 17.3 Å². The number of aliphatic hydroxyl groups is 2. The summed E-state index contributed by atoms with van der Waals surface area (Å²) in [4.78, 5) is 22.6. The molecule has 0 aliphatic heterocycles. The van der Waals surface area contributed by atoms with Crippen molar-refractivity contribution >= 4 is 12.3 Å². The number of esters is 1. The topological polar surface area (TPSA) is 83.8 Å². The van der Waals surface area contributed by atoms with E-state index in [-0.39, 0.29) is 23.7 Å². The second-order valence-electron chi connectivity index (χ2n) is 7.50. The molecule has 0 aromatic carbocycles. The predicted octanol–water partition coefficient (Wildman–Crippen LogP) is 1.61. The van der Waals surface area contributed by atoms with Crippen LogP contribution in [0.1, 0.15) is 47.0 Å². The summed E-state index contributed by atoms with van der Waals surface area (Å²) in [6.07, 6.45) is 2.27. The van der Waals surface area contributed by atoms with Gasteiger partial charge in [-0.25, -0.2) is 0 Å². The molecule has 0 saturated heterocycles. The minimum absolute atomic E-state index is 0.0446. The van der Waals surface area contributed by atoms with Crippen molar-refractivity contribution in [1.29, 1.82) is 0 Å². The van der Waals surface area contributed by atoms with Crippen LogP contribution in [0.15, 0.2) is 11.6 Å². The molecule has 0 amide bonds. The Morgan fingerprint density at radius 2 is 2.05 bits per heavy atom. The van der Waals surface area contributed by atoms with Crippen LogP contribution in [0.5, 0.6) is 0 Å². The molecule has 0 radical (unpaired) electrons. The van der Waals surface area contributed by atoms with Crippen LogP contribution in [0.4, 0.5) is 0 Å². The molecule has 2 aliphatic rings. The molecule has 2 N–H and O–H groups in total. The molecule has 22 heavy (non-hydrogen) atoms. The van der Waals surface area contributed by atoms with Crippen molar-refractivity contribution in [3.8, 4) is 0 Å². The Morgan fingerprint density at radius 1 is 1.41 bits per heavy atom. The first-order valence-electron chi connectivity index (χ1n) is 7.83. The van der Waals surface area contributed by atoms with E-state index in [1.54, 1.807) is 6.92 Å². The summed E-state index contributed by atoms with van der Waals surface area (Å²) in [7, 11) is 0. The minimum atomic E-state index is -1.35. The lowest BCUT2D eigenvalue weighted by Gasteiger charge is -2.33. The van der Waals surface area contributed by atoms with Crippen LogP contribution in [0.25, 0.3) is 0 Å². The third-order valence-electron chi connectivity index (χ3n) is 5.30. The van der Waals surface area contributed by atoms with Crippen LogP contribution >= 0.6 is 0 Å². The van der Waals surface area contributed by atoms with E-state index in [0.717, 1.165) is 6.29 Å². The Kier molecular flexibility index (Phi) is 4.51. The van der Waals surface area contributed by atoms with Gasteiger partial charge in [0, 0.05) is 19.3 Å². The molecule has 5 heteroatoms. The van der Waals surface area contributed by atoms with Crippen molar-refractivity contribution in [2.24, 2.45) is 17.3 Å². The summed E-state index contributed by atoms with van der Waals surface area (Å²) >= 11 is 0. The van der Waals surface area contributed by atoms with Gasteiger partial charge in [-0.3, -0.25) is 9.59 Å². The molecule has 2 aliphatic carbocycles. The van der Waals surface area contributed by atoms with Gasteiger partial charge in [-0.15, -0.1) is 0 Å². The Bertz CT molecular complexity index is 491. The fourth-order valence-electron chi connectivity index (χ4n) is 3.77. The number of aldehydes is 1. The molecule has 124 valence electrons. The van der Waals surface area contributed by atoms with Gasteiger partial charge >= 0.3 is 5.97 Å². The van der Waals surface area contributed by atoms with Crippen LogP contribution in [0.2, 0.25) is 0 Å². The molecule has 5 atom stereocenters. The summed E-state index contributed by atoms with van der Waals surface area (Å²) in [5.41, 5.74) is -0.812. The molecular formula is C17H26O5. The highest BCUT2D eigenvalue weighted by Gasteiger charge is 2.62. The number of aliphatic hydroxyl groups excluding tert-OH is 1. The number of carbonyl (C=O) groups excluding carboxylic acids is 2. The first kappa shape index (κ1) is 17.2. The monoisotopic (exact) mass is 310 g/mol. The second kappa shape index (κ2) is 5.78. The summed E-state index contributed by atoms with van der Waals surface area (Å²) < 4.78 is 5.44. The van der Waals surface area contributed by atoms with Crippen LogP contribution < -0.4 is 0 Å². The molecule has 0 spiro atoms. The number of rotatable bonds is 2. The maximum atomic E-state index is 11.4. The average Bonchev–Trinajstić information content (AvgIpc) is 2.92. The molecule has 5 unspecified atom stereocenters. The SMILES string of the molecule is CC(=O)OC1CC(C)(O)C(O)CCC(C=O)=CC2C1C2(C)C. The van der Waals surface area contributed by atoms with E-state index in [2.05, 4.69) is 13.8 Å². The van der Waals surface area contributed by atoms with Gasteiger partial charge in [0.15, 0.2) is 0 Å². The van der Waals surface area contributed by atoms with Crippen molar-refractivity contribution in [3.05, 3.63) is 11.6 Å². The highest BCUT2D eigenvalue weighted by atomic mass is 16.5. The molecule has 1 saturated carbocycles. The average molecular weight is 310 g/mol. The maximum Gasteiger partial charge on any atom is 0.302 e. The van der Waals surface area contributed by atoms with E-state index in [0.29, 0.717) is 18.4 Å². The lowest BCUT2D eigenvalue weighted by molar-refractivity contribution is -0.155. The Morgan fingerprint density at radius 3 is 2.59 bits per heavy atom. The molecule has 0 bridgehead atoms. The second-order valence-corrected chi connectivity index (χ2v) is 7.50. The van der Waals surface area contributed by atoms with Crippen molar-refractivity contribution in [1.82, 2.24) is 0 Å². The number of carbonyl (C=O) groups is 2. The molecule has 5 nitrogen and oxygen atoms in total. The normalized spacial score (nSPS) is 40.9. The van der Waals surface area contributed by atoms with Crippen molar-refractivity contribution < 1.29 is 24.5 Å². The minimum Gasteiger partial charge on any atom is -0.462 e. The molecular weight excluding hydrogens is 284 g/mol. The van der Waals surface area contributed by atoms with Gasteiger partial charge in [0.25, 0.3) is 0 Å². The van der Waals surface area contributed by atoms with E-state index in [9.17, 15) is 19.8 Å². The Labute approximate surface area is 131 Å². The standard InChI is InChI=1S/C17H26O5/c1-10(19)22-13-8-17(4,21)14(20)6-5-11(9-18)7-12-15(13)16(12,2)3/h7,9,12-15,20-21H,5-6,8H2,1-4H3. The number of hydrogen-bond donors (Lipinski definition) is 2. The number of ether oxygens (including phenoxy) is 1. The van der Waals surface area contributed by atoms with E-state index in [1.165, 1.54) is 6.92 Å². The van der Waals surface area contributed by atoms with Gasteiger partial charge in [-0.1, -0.05) is 19.9 Å². The zero-order chi connectivity index (χ0) is 16.7. The van der Waals surface area contributed by atoms with E-state index in [4.69, 9.17) is 4.74 Å². The predicted molar refractivity (Wildman–Crippen MR) is 80.9 cm³/mol. The number of allylic oxidation sites excluding steroid dienone is 2. The summed E-state index contributed by atoms with van der Waals surface area (Å²) in [6.45, 7) is 7.05. The maximum absolute atomic E-state index is 11.4.